The topological polar surface area (TPSA) is 578 Å². The zero-order valence-corrected chi connectivity index (χ0v) is 74.8. The Balaban J connectivity index is 0.000000197. The number of amides is 1. The quantitative estimate of drug-likeness (QED) is 0.00530. The molecule has 0 aliphatic carbocycles. The number of carbonyl (C=O) groups excluding carboxylic acids is 1. The summed E-state index contributed by atoms with van der Waals surface area (Å²) in [7, 11) is -4.67. The van der Waals surface area contributed by atoms with Gasteiger partial charge in [-0.2, -0.15) is 44.5 Å². The fourth-order valence-electron chi connectivity index (χ4n) is 10.6. The Bertz CT molecular complexity index is 6520. The fraction of sp³-hybridized carbons (Fsp3) is 0.0860. The van der Waals surface area contributed by atoms with E-state index < -0.39 is 34.9 Å². The molecule has 14 aromatic rings. The molecule has 45 heteroatoms. The van der Waals surface area contributed by atoms with Crippen LogP contribution in [0.5, 0.6) is 69.0 Å². The van der Waals surface area contributed by atoms with Crippen LogP contribution in [0.2, 0.25) is 0 Å². The van der Waals surface area contributed by atoms with Crippen LogP contribution in [0.15, 0.2) is 350 Å². The third-order valence-electron chi connectivity index (χ3n) is 17.0. The summed E-state index contributed by atoms with van der Waals surface area (Å²) in [4.78, 5) is 27.8. The van der Waals surface area contributed by atoms with E-state index in [1.54, 1.807) is 200 Å². The van der Waals surface area contributed by atoms with Gasteiger partial charge in [-0.25, -0.2) is 41.3 Å². The number of hydrogen-bond acceptors (Lipinski definition) is 32. The van der Waals surface area contributed by atoms with Crippen molar-refractivity contribution in [2.75, 3.05) is 26.3 Å². The van der Waals surface area contributed by atoms with E-state index in [1.165, 1.54) is 104 Å². The van der Waals surface area contributed by atoms with Crippen molar-refractivity contribution in [2.24, 2.45) is 63.9 Å². The number of nitriles is 2. The Morgan fingerprint density at radius 2 is 0.754 bits per heavy atom. The van der Waals surface area contributed by atoms with Crippen LogP contribution in [0.4, 0.5) is 26.3 Å². The summed E-state index contributed by atoms with van der Waals surface area (Å²) in [5.74, 6) is 20.6. The Hall–Kier alpha value is -16.6. The number of amidine groups is 3. The van der Waals surface area contributed by atoms with Crippen molar-refractivity contribution in [3.05, 3.63) is 378 Å². The normalized spacial score (nSPS) is 14.1. The van der Waals surface area contributed by atoms with Gasteiger partial charge in [-0.05, 0) is 291 Å². The van der Waals surface area contributed by atoms with Crippen LogP contribution in [-0.4, -0.2) is 144 Å². The molecule has 12 aromatic carbocycles. The Kier molecular flexibility index (Phi) is 43.7. The summed E-state index contributed by atoms with van der Waals surface area (Å²) in [6, 6.07) is 80.0. The first-order valence-corrected chi connectivity index (χ1v) is 40.9. The molecular formula is C93H78F6N21NaO16S. The third kappa shape index (κ3) is 38.2. The third-order valence-corrected chi connectivity index (χ3v) is 17.0. The van der Waals surface area contributed by atoms with Crippen molar-refractivity contribution in [3.8, 4) is 104 Å². The van der Waals surface area contributed by atoms with Gasteiger partial charge in [0.15, 0.2) is 35.1 Å². The molecule has 3 aliphatic rings. The number of primary amides is 1. The van der Waals surface area contributed by atoms with Crippen molar-refractivity contribution in [1.29, 1.82) is 10.5 Å². The number of halogens is 6. The molecule has 5 heterocycles. The Morgan fingerprint density at radius 1 is 0.449 bits per heavy atom. The molecule has 17 rings (SSSR count). The maximum atomic E-state index is 12.9. The van der Waals surface area contributed by atoms with E-state index >= 15 is 0 Å². The van der Waals surface area contributed by atoms with Gasteiger partial charge in [-0.3, -0.25) is 18.9 Å². The number of azo groups is 2. The van der Waals surface area contributed by atoms with Gasteiger partial charge < -0.3 is 82.3 Å². The van der Waals surface area contributed by atoms with Crippen LogP contribution in [-0.2, 0) is 19.9 Å². The molecule has 700 valence electrons. The van der Waals surface area contributed by atoms with Crippen LogP contribution in [0.25, 0.3) is 28.6 Å². The molecule has 14 N–H and O–H groups in total. The molecule has 3 aliphatic heterocycles. The van der Waals surface area contributed by atoms with Gasteiger partial charge in [0, 0.05) is 34.0 Å². The molecule has 1 saturated heterocycles. The van der Waals surface area contributed by atoms with Crippen LogP contribution in [0.1, 0.15) is 32.7 Å². The van der Waals surface area contributed by atoms with Gasteiger partial charge >= 0.3 is 40.0 Å². The number of aliphatic hydroxyl groups is 2. The van der Waals surface area contributed by atoms with Crippen molar-refractivity contribution in [3.63, 3.8) is 0 Å². The number of benzene rings is 12. The second-order valence-electron chi connectivity index (χ2n) is 26.8. The number of nitrogens with zero attached hydrogens (tertiary/aromatic N) is 16. The molecule has 37 nitrogen and oxygen atoms in total. The predicted octanol–water partition coefficient (Wildman–Crippen LogP) is 14.0. The van der Waals surface area contributed by atoms with E-state index in [4.69, 9.17) is 95.0 Å². The Morgan fingerprint density at radius 3 is 1.06 bits per heavy atom. The maximum absolute atomic E-state index is 12.9. The standard InChI is InChI=1S/C16H13FN4O2.C16H11FN4O2.C16H11FN4O.C15H10FN3O.C13H12FN3O.C13H8FNO.C4H8O4.H3N2.Na.H2O4S/c17-12-3-7-15(8-4-12)23-14-5-1-11(2-6-14)16-20-13(10-19-22)9-18-21-16;17-11-3-7-13(8-4-11)23-12-5-1-10(2-6-12)16-20-14(15(18)22)9-19-21-16;17-12-3-7-15(8-4-12)22-14-5-1-11(2-6-14)16-20-13(9-18)10-19-21-16;16-12-3-7-14(8-4-12)20-13-5-1-11(2-6-13)15-17-9-10-18-19-15;14-10-3-7-12(8-4-10)18-11-5-1-9(2-6-11)13(15)17-16;14-11-3-7-13(8-4-11)16-12-5-1-10(9-15)2-6-12;5-3-4(6)8-2-1-7-3;1-2;;1-5(2,3)4/h1-8,10,13,22H,9H2;1-9H,(H2,18,22);1-8,13H,10H2;1-10H;1-8H,16H2,(H2,15,17);1-8H;3-6H,1-2H2;1H,2H2;;(H2,1,2,3,4)/q;;;;;;;-1;+1;/b19-10+;;;;;;;;;. The summed E-state index contributed by atoms with van der Waals surface area (Å²) in [5.41, 5.74) is 15.1. The number of rotatable bonds is 19. The van der Waals surface area contributed by atoms with Gasteiger partial charge in [-0.15, -0.1) is 20.4 Å². The Labute approximate surface area is 804 Å². The van der Waals surface area contributed by atoms with E-state index in [-0.39, 0.29) is 87.9 Å². The van der Waals surface area contributed by atoms with Gasteiger partial charge in [0.05, 0.1) is 62.6 Å². The molecule has 1 fully saturated rings. The SMILES string of the molecule is Fc1ccc(Oc2ccc(-c3nccnn3)cc2)cc1.N#CC1CN=NC(c2ccc(Oc3ccc(F)cc3)cc2)=N1.N#Cc1ccc(Oc2ccc(F)cc2)cc1.N/N=C(\N)c1ccc(Oc2ccc(F)cc2)cc1.NC(=O)c1cnnc(-c2ccc(Oc3ccc(F)cc3)cc2)n1.O/N=C/C1CN=NC(c2ccc(Oc3ccc(F)cc3)cc2)=N1.O=S(=O)(O)O.OC1OCCOC1O.[NH-]N.[Na+]. The van der Waals surface area contributed by atoms with E-state index in [9.17, 15) is 31.1 Å². The zero-order valence-electron chi connectivity index (χ0n) is 72.0. The second kappa shape index (κ2) is 56.4. The van der Waals surface area contributed by atoms with Crippen molar-refractivity contribution >= 4 is 40.0 Å². The molecule has 4 atom stereocenters. The number of hydrazone groups is 1. The van der Waals surface area contributed by atoms with E-state index in [1.807, 2.05) is 18.2 Å². The number of hydrogen-bond donors (Lipinski definition) is 9. The molecule has 4 unspecified atom stereocenters. The zero-order chi connectivity index (χ0) is 98.3. The summed E-state index contributed by atoms with van der Waals surface area (Å²) >= 11 is 0. The molecule has 0 spiro atoms. The van der Waals surface area contributed by atoms with Gasteiger partial charge in [0.2, 0.25) is 12.6 Å². The predicted molar refractivity (Wildman–Crippen MR) is 486 cm³/mol. The number of aliphatic imine (C=N–C) groups is 2. The van der Waals surface area contributed by atoms with Crippen LogP contribution in [0, 0.1) is 57.6 Å². The minimum absolute atomic E-state index is 0. The number of nitrogens with two attached hydrogens (primary N) is 4. The van der Waals surface area contributed by atoms with Crippen LogP contribution >= 0.6 is 0 Å². The average Bonchev–Trinajstić information content (AvgIpc) is 0.843. The molecule has 0 bridgehead atoms. The van der Waals surface area contributed by atoms with Crippen molar-refractivity contribution in [2.45, 2.75) is 24.7 Å². The minimum atomic E-state index is -4.67. The first kappa shape index (κ1) is 107. The van der Waals surface area contributed by atoms with Crippen LogP contribution in [0.3, 0.4) is 0 Å². The number of aromatic nitrogens is 6. The second-order valence-corrected chi connectivity index (χ2v) is 27.7. The van der Waals surface area contributed by atoms with Crippen LogP contribution < -0.4 is 81.1 Å². The number of nitrogens with one attached hydrogen (secondary N) is 1. The smallest absolute Gasteiger partial charge is 0.615 e. The number of oxime groups is 1. The number of ether oxygens (including phenoxy) is 8. The molecule has 0 radical (unpaired) electrons. The van der Waals surface area contributed by atoms with Gasteiger partial charge in [-0.1, -0.05) is 5.16 Å². The average molecular weight is 1910 g/mol. The van der Waals surface area contributed by atoms with E-state index in [0.717, 1.165) is 16.7 Å². The molecule has 2 aromatic heterocycles. The maximum Gasteiger partial charge on any atom is 1.00 e. The monoisotopic (exact) mass is 1910 g/mol. The first-order chi connectivity index (χ1) is 66.2. The summed E-state index contributed by atoms with van der Waals surface area (Å²) in [6.07, 6.45) is 3.30. The van der Waals surface area contributed by atoms with E-state index in [2.05, 4.69) is 92.4 Å². The number of carbonyl (C=O) groups is 1. The first-order valence-electron chi connectivity index (χ1n) is 39.5. The van der Waals surface area contributed by atoms with E-state index in [0.29, 0.717) is 129 Å². The molecule has 1 amide bonds. The van der Waals surface area contributed by atoms with Crippen molar-refractivity contribution in [1.82, 2.24) is 30.4 Å². The summed E-state index contributed by atoms with van der Waals surface area (Å²) in [5, 5.41) is 80.7. The summed E-state index contributed by atoms with van der Waals surface area (Å²) in [6.45, 7) is 1.35. The van der Waals surface area contributed by atoms with Gasteiger partial charge in [0.1, 0.15) is 116 Å². The van der Waals surface area contributed by atoms with Crippen molar-refractivity contribution < 1.29 is 132 Å². The molecule has 138 heavy (non-hydrogen) atoms. The summed E-state index contributed by atoms with van der Waals surface area (Å²) < 4.78 is 151. The fourth-order valence-corrected chi connectivity index (χ4v) is 10.6. The van der Waals surface area contributed by atoms with Gasteiger partial charge in [0.25, 0.3) is 5.91 Å². The molecular weight excluding hydrogens is 1840 g/mol. The minimum Gasteiger partial charge on any atom is -0.615 e. The number of aliphatic hydroxyl groups excluding tert-OH is 2. The largest absolute Gasteiger partial charge is 1.00 e. The molecule has 0 saturated carbocycles.